The van der Waals surface area contributed by atoms with Crippen LogP contribution in [0.4, 0.5) is 10.1 Å². The summed E-state index contributed by atoms with van der Waals surface area (Å²) in [4.78, 5) is 20.2. The molecular weight excluding hydrogens is 351 g/mol. The number of nitrogens with two attached hydrogens (primary N) is 2. The fourth-order valence-electron chi connectivity index (χ4n) is 2.73. The van der Waals surface area contributed by atoms with Crippen molar-refractivity contribution in [3.63, 3.8) is 0 Å². The molecule has 7 nitrogen and oxygen atoms in total. The van der Waals surface area contributed by atoms with Gasteiger partial charge in [0.25, 0.3) is 0 Å². The minimum atomic E-state index is -0.737. The Morgan fingerprint density at radius 3 is 2.56 bits per heavy atom. The van der Waals surface area contributed by atoms with Crippen LogP contribution in [0.5, 0.6) is 5.75 Å². The Morgan fingerprint density at radius 1 is 1.22 bits per heavy atom. The Morgan fingerprint density at radius 2 is 1.93 bits per heavy atom. The molecule has 0 aliphatic heterocycles. The van der Waals surface area contributed by atoms with E-state index in [-0.39, 0.29) is 34.3 Å². The van der Waals surface area contributed by atoms with Crippen molar-refractivity contribution in [2.75, 3.05) is 7.11 Å². The molecule has 0 fully saturated rings. The quantitative estimate of drug-likeness (QED) is 0.369. The second kappa shape index (κ2) is 7.28. The number of carbonyl (C=O) groups is 1. The molecule has 8 heteroatoms. The molecule has 1 aromatic heterocycles. The van der Waals surface area contributed by atoms with Crippen LogP contribution in [0.2, 0.25) is 0 Å². The first-order valence-corrected chi connectivity index (χ1v) is 7.96. The number of carbonyl (C=O) groups excluding carboxylic acids is 1. The molecule has 0 unspecified atom stereocenters. The van der Waals surface area contributed by atoms with Gasteiger partial charge in [0.05, 0.1) is 12.8 Å². The number of nitrogens with zero attached hydrogens (tertiary/aromatic N) is 2. The van der Waals surface area contributed by atoms with E-state index >= 15 is 0 Å². The molecule has 0 saturated carbocycles. The minimum Gasteiger partial charge on any atom is -0.505 e. The summed E-state index contributed by atoms with van der Waals surface area (Å²) in [6.45, 7) is 0. The highest BCUT2D eigenvalue weighted by molar-refractivity contribution is 6.05. The zero-order valence-corrected chi connectivity index (χ0v) is 14.4. The van der Waals surface area contributed by atoms with E-state index in [1.165, 1.54) is 25.3 Å². The lowest BCUT2D eigenvalue weighted by atomic mass is 10.0. The zero-order valence-electron chi connectivity index (χ0n) is 14.4. The summed E-state index contributed by atoms with van der Waals surface area (Å²) in [5.41, 5.74) is 13.0. The van der Waals surface area contributed by atoms with Crippen LogP contribution in [-0.4, -0.2) is 29.1 Å². The predicted molar refractivity (Wildman–Crippen MR) is 99.4 cm³/mol. The molecule has 0 aliphatic carbocycles. The highest BCUT2D eigenvalue weighted by Gasteiger charge is 2.19. The van der Waals surface area contributed by atoms with Gasteiger partial charge >= 0.3 is 5.97 Å². The van der Waals surface area contributed by atoms with Crippen LogP contribution in [0.3, 0.4) is 0 Å². The number of aliphatic imine (C=N–C) groups is 1. The third-order valence-corrected chi connectivity index (χ3v) is 3.96. The average Bonchev–Trinajstić information content (AvgIpc) is 2.65. The van der Waals surface area contributed by atoms with E-state index < -0.39 is 5.97 Å². The third kappa shape index (κ3) is 3.79. The number of hydrogen-bond acceptors (Lipinski definition) is 5. The first-order chi connectivity index (χ1) is 12.9. The summed E-state index contributed by atoms with van der Waals surface area (Å²) < 4.78 is 17.7. The van der Waals surface area contributed by atoms with Crippen LogP contribution in [-0.2, 0) is 11.2 Å². The Hall–Kier alpha value is -3.68. The van der Waals surface area contributed by atoms with Crippen molar-refractivity contribution in [2.24, 2.45) is 16.5 Å². The molecule has 0 radical (unpaired) electrons. The number of ether oxygens (including phenoxy) is 1. The number of fused-ring (bicyclic) bond motifs is 1. The molecule has 0 amide bonds. The maximum Gasteiger partial charge on any atom is 0.341 e. The normalized spacial score (nSPS) is 10.6. The number of phenolic OH excluding ortho intramolecular Hbond substituents is 1. The molecule has 2 aromatic carbocycles. The molecule has 3 aromatic rings. The highest BCUT2D eigenvalue weighted by Crippen LogP contribution is 2.36. The second-order valence-corrected chi connectivity index (χ2v) is 5.86. The van der Waals surface area contributed by atoms with E-state index in [1.807, 2.05) is 0 Å². The molecule has 3 rings (SSSR count). The topological polar surface area (TPSA) is 124 Å². The number of phenols is 1. The van der Waals surface area contributed by atoms with Crippen molar-refractivity contribution < 1.29 is 19.0 Å². The van der Waals surface area contributed by atoms with Crippen LogP contribution >= 0.6 is 0 Å². The van der Waals surface area contributed by atoms with Crippen molar-refractivity contribution in [1.82, 2.24) is 4.98 Å². The van der Waals surface area contributed by atoms with Gasteiger partial charge < -0.3 is 21.3 Å². The summed E-state index contributed by atoms with van der Waals surface area (Å²) >= 11 is 0. The third-order valence-electron chi connectivity index (χ3n) is 3.96. The molecular formula is C19H17FN4O3. The summed E-state index contributed by atoms with van der Waals surface area (Å²) in [6, 6.07) is 9.20. The van der Waals surface area contributed by atoms with E-state index in [1.54, 1.807) is 24.4 Å². The second-order valence-electron chi connectivity index (χ2n) is 5.86. The SMILES string of the molecule is COC(=O)c1cc(N=C(N)N)c2cc(Cc3ccc(F)cc3)cnc2c1O. The smallest absolute Gasteiger partial charge is 0.341 e. The van der Waals surface area contributed by atoms with Crippen molar-refractivity contribution in [2.45, 2.75) is 6.42 Å². The zero-order chi connectivity index (χ0) is 19.6. The van der Waals surface area contributed by atoms with Crippen molar-refractivity contribution in [3.8, 4) is 5.75 Å². The van der Waals surface area contributed by atoms with E-state index in [0.717, 1.165) is 11.1 Å². The van der Waals surface area contributed by atoms with E-state index in [0.29, 0.717) is 11.8 Å². The number of hydrogen-bond donors (Lipinski definition) is 3. The lowest BCUT2D eigenvalue weighted by Crippen LogP contribution is -2.22. The molecule has 0 saturated heterocycles. The number of rotatable bonds is 4. The van der Waals surface area contributed by atoms with Gasteiger partial charge in [-0.15, -0.1) is 0 Å². The Bertz CT molecular complexity index is 1040. The molecule has 138 valence electrons. The summed E-state index contributed by atoms with van der Waals surface area (Å²) in [5.74, 6) is -1.58. The first-order valence-electron chi connectivity index (χ1n) is 7.96. The lowest BCUT2D eigenvalue weighted by molar-refractivity contribution is 0.0597. The number of esters is 1. The van der Waals surface area contributed by atoms with Gasteiger partial charge in [0.15, 0.2) is 11.7 Å². The van der Waals surface area contributed by atoms with Gasteiger partial charge in [-0.1, -0.05) is 12.1 Å². The standard InChI is InChI=1S/C19H17FN4O3/c1-27-18(26)14-8-15(24-19(21)22)13-7-11(9-23-16(13)17(14)25)6-10-2-4-12(20)5-3-10/h2-5,7-9,25H,6H2,1H3,(H4,21,22,24). The van der Waals surface area contributed by atoms with Gasteiger partial charge in [-0.3, -0.25) is 4.98 Å². The van der Waals surface area contributed by atoms with Crippen molar-refractivity contribution in [1.29, 1.82) is 0 Å². The largest absolute Gasteiger partial charge is 0.505 e. The molecule has 1 heterocycles. The number of methoxy groups -OCH3 is 1. The van der Waals surface area contributed by atoms with Crippen LogP contribution in [0.1, 0.15) is 21.5 Å². The maximum absolute atomic E-state index is 13.1. The van der Waals surface area contributed by atoms with Gasteiger partial charge in [-0.05, 0) is 41.8 Å². The van der Waals surface area contributed by atoms with Crippen molar-refractivity contribution >= 4 is 28.5 Å². The van der Waals surface area contributed by atoms with Gasteiger partial charge in [0.2, 0.25) is 0 Å². The summed E-state index contributed by atoms with van der Waals surface area (Å²) in [7, 11) is 1.20. The number of pyridine rings is 1. The summed E-state index contributed by atoms with van der Waals surface area (Å²) in [6.07, 6.45) is 2.05. The maximum atomic E-state index is 13.1. The van der Waals surface area contributed by atoms with Gasteiger partial charge in [-0.25, -0.2) is 14.2 Å². The van der Waals surface area contributed by atoms with E-state index in [2.05, 4.69) is 14.7 Å². The fourth-order valence-corrected chi connectivity index (χ4v) is 2.73. The number of aromatic nitrogens is 1. The summed E-state index contributed by atoms with van der Waals surface area (Å²) in [5, 5.41) is 10.9. The van der Waals surface area contributed by atoms with E-state index in [9.17, 15) is 14.3 Å². The Balaban J connectivity index is 2.15. The van der Waals surface area contributed by atoms with Crippen LogP contribution in [0, 0.1) is 5.82 Å². The molecule has 0 spiro atoms. The number of benzene rings is 2. The number of aromatic hydroxyl groups is 1. The van der Waals surface area contributed by atoms with Gasteiger partial charge in [-0.2, -0.15) is 0 Å². The molecule has 27 heavy (non-hydrogen) atoms. The van der Waals surface area contributed by atoms with Gasteiger partial charge in [0.1, 0.15) is 16.9 Å². The first kappa shape index (κ1) is 18.1. The number of guanidine groups is 1. The van der Waals surface area contributed by atoms with Crippen molar-refractivity contribution in [3.05, 3.63) is 65.1 Å². The van der Waals surface area contributed by atoms with Crippen LogP contribution in [0.25, 0.3) is 10.9 Å². The fraction of sp³-hybridized carbons (Fsp3) is 0.105. The predicted octanol–water partition coefficient (Wildman–Crippen LogP) is 2.36. The van der Waals surface area contributed by atoms with E-state index in [4.69, 9.17) is 11.5 Å². The highest BCUT2D eigenvalue weighted by atomic mass is 19.1. The van der Waals surface area contributed by atoms with Crippen LogP contribution < -0.4 is 11.5 Å². The Kier molecular flexibility index (Phi) is 4.89. The molecule has 5 N–H and O–H groups in total. The van der Waals surface area contributed by atoms with Crippen LogP contribution in [0.15, 0.2) is 47.6 Å². The molecule has 0 bridgehead atoms. The lowest BCUT2D eigenvalue weighted by Gasteiger charge is -2.11. The molecule has 0 atom stereocenters. The average molecular weight is 368 g/mol. The van der Waals surface area contributed by atoms with Gasteiger partial charge in [0, 0.05) is 11.6 Å². The number of halogens is 1. The Labute approximate surface area is 154 Å². The monoisotopic (exact) mass is 368 g/mol. The molecule has 0 aliphatic rings. The minimum absolute atomic E-state index is 0.0937.